The van der Waals surface area contributed by atoms with Crippen LogP contribution in [0.3, 0.4) is 0 Å². The van der Waals surface area contributed by atoms with E-state index in [1.165, 1.54) is 48.0 Å². The van der Waals surface area contributed by atoms with E-state index in [4.69, 9.17) is 5.73 Å². The summed E-state index contributed by atoms with van der Waals surface area (Å²) in [6, 6.07) is 0.997. The second-order valence-electron chi connectivity index (χ2n) is 8.60. The predicted octanol–water partition coefficient (Wildman–Crippen LogP) is -3.83. The van der Waals surface area contributed by atoms with Crippen molar-refractivity contribution < 1.29 is 50.6 Å². The molecule has 16 heteroatoms. The van der Waals surface area contributed by atoms with E-state index in [1.54, 1.807) is 13.8 Å². The van der Waals surface area contributed by atoms with Gasteiger partial charge in [-0.15, -0.1) is 11.8 Å². The molecule has 37 heavy (non-hydrogen) atoms. The largest absolute Gasteiger partial charge is 0.508 e. The van der Waals surface area contributed by atoms with Gasteiger partial charge in [0.25, 0.3) is 0 Å². The predicted molar refractivity (Wildman–Crippen MR) is 132 cm³/mol. The smallest absolute Gasteiger partial charge is 0.327 e. The Morgan fingerprint density at radius 3 is 2.19 bits per heavy atom. The fourth-order valence-corrected chi connectivity index (χ4v) is 5.62. The lowest BCUT2D eigenvalue weighted by Crippen LogP contribution is -2.71. The highest BCUT2D eigenvalue weighted by Gasteiger charge is 2.64. The van der Waals surface area contributed by atoms with Gasteiger partial charge in [-0.1, -0.05) is 12.1 Å². The van der Waals surface area contributed by atoms with Crippen LogP contribution in [0.25, 0.3) is 0 Å². The van der Waals surface area contributed by atoms with E-state index in [0.29, 0.717) is 5.56 Å². The number of rotatable bonds is 8. The van der Waals surface area contributed by atoms with E-state index < -0.39 is 63.9 Å². The quantitative estimate of drug-likeness (QED) is 0.173. The van der Waals surface area contributed by atoms with Gasteiger partial charge in [0.2, 0.25) is 23.6 Å². The van der Waals surface area contributed by atoms with E-state index in [2.05, 4.69) is 16.0 Å². The molecule has 13 N–H and O–H groups in total. The first-order valence-electron chi connectivity index (χ1n) is 10.5. The molecule has 1 aromatic rings. The summed E-state index contributed by atoms with van der Waals surface area (Å²) in [4.78, 5) is 62.9. The van der Waals surface area contributed by atoms with Crippen molar-refractivity contribution in [2.75, 3.05) is 7.05 Å². The Hall–Kier alpha value is -3.44. The fourth-order valence-electron chi connectivity index (χ4n) is 3.99. The van der Waals surface area contributed by atoms with Crippen LogP contribution in [-0.2, 0) is 24.0 Å². The van der Waals surface area contributed by atoms with E-state index in [-0.39, 0.29) is 28.6 Å². The topological polar surface area (TPSA) is 286 Å². The number of amides is 4. The van der Waals surface area contributed by atoms with E-state index in [1.807, 2.05) is 0 Å². The number of fused-ring (bicyclic) bond motifs is 1. The Labute approximate surface area is 216 Å². The molecule has 0 unspecified atom stereocenters. The van der Waals surface area contributed by atoms with Gasteiger partial charge in [-0.05, 0) is 31.5 Å². The van der Waals surface area contributed by atoms with Crippen molar-refractivity contribution in [2.24, 2.45) is 5.73 Å². The first-order valence-corrected chi connectivity index (χ1v) is 11.3. The van der Waals surface area contributed by atoms with Crippen molar-refractivity contribution in [1.82, 2.24) is 20.9 Å². The first kappa shape index (κ1) is 33.6. The van der Waals surface area contributed by atoms with E-state index in [9.17, 15) is 34.2 Å². The summed E-state index contributed by atoms with van der Waals surface area (Å²) < 4.78 is -0.761. The molecule has 5 atom stereocenters. The lowest BCUT2D eigenvalue weighted by Gasteiger charge is -2.44. The number of β-lactam (4-membered cyclic amide) rings is 1. The maximum Gasteiger partial charge on any atom is 0.327 e. The highest BCUT2D eigenvalue weighted by Crippen LogP contribution is 2.50. The van der Waals surface area contributed by atoms with Gasteiger partial charge in [0.05, 0.1) is 12.5 Å². The molecule has 208 valence electrons. The van der Waals surface area contributed by atoms with Gasteiger partial charge in [0.1, 0.15) is 29.2 Å². The number of phenolic OH excluding ortho intramolecular Hbond substituents is 1. The number of carboxylic acids is 1. The summed E-state index contributed by atoms with van der Waals surface area (Å²) in [7, 11) is 1.40. The van der Waals surface area contributed by atoms with Gasteiger partial charge >= 0.3 is 5.97 Å². The molecule has 0 bridgehead atoms. The van der Waals surface area contributed by atoms with Gasteiger partial charge in [0, 0.05) is 11.8 Å². The molecule has 0 aromatic heterocycles. The average molecular weight is 548 g/mol. The van der Waals surface area contributed by atoms with Gasteiger partial charge in [0.15, 0.2) is 0 Å². The second-order valence-corrected chi connectivity index (χ2v) is 10.4. The number of thioether (sulfide) groups is 1. The third-order valence-corrected chi connectivity index (χ3v) is 7.34. The summed E-state index contributed by atoms with van der Waals surface area (Å²) in [5.41, 5.74) is 6.09. The summed E-state index contributed by atoms with van der Waals surface area (Å²) in [5.74, 6) is -3.66. The van der Waals surface area contributed by atoms with Crippen LogP contribution >= 0.6 is 11.8 Å². The molecule has 1 aromatic carbocycles. The molecule has 0 radical (unpaired) electrons. The number of benzene rings is 1. The van der Waals surface area contributed by atoms with Crippen LogP contribution in [0.1, 0.15) is 31.9 Å². The maximum absolute atomic E-state index is 13.2. The monoisotopic (exact) mass is 547 g/mol. The van der Waals surface area contributed by atoms with Crippen LogP contribution in [0.4, 0.5) is 0 Å². The van der Waals surface area contributed by atoms with E-state index >= 15 is 0 Å². The zero-order chi connectivity index (χ0) is 25.4. The number of nitrogens with one attached hydrogen (secondary N) is 3. The number of nitrogens with zero attached hydrogens (tertiary/aromatic N) is 1. The Morgan fingerprint density at radius 1 is 1.11 bits per heavy atom. The lowest BCUT2D eigenvalue weighted by atomic mass is 9.95. The van der Waals surface area contributed by atoms with Gasteiger partial charge in [-0.3, -0.25) is 19.2 Å². The van der Waals surface area contributed by atoms with Crippen molar-refractivity contribution in [3.05, 3.63) is 29.8 Å². The number of hydrogen-bond acceptors (Lipinski definition) is 8. The molecule has 0 spiro atoms. The highest BCUT2D eigenvalue weighted by atomic mass is 32.2. The number of aromatic hydroxyl groups is 1. The summed E-state index contributed by atoms with van der Waals surface area (Å²) in [5, 5.41) is 26.0. The number of aliphatic carboxylic acids is 1. The molecule has 2 heterocycles. The zero-order valence-corrected chi connectivity index (χ0v) is 21.1. The highest BCUT2D eigenvalue weighted by molar-refractivity contribution is 8.01. The molecule has 2 fully saturated rings. The van der Waals surface area contributed by atoms with Crippen LogP contribution < -0.4 is 21.7 Å². The Bertz CT molecular complexity index is 1020. The van der Waals surface area contributed by atoms with Crippen molar-refractivity contribution in [2.45, 2.75) is 54.6 Å². The fraction of sp³-hybridized carbons (Fsp3) is 0.476. The minimum atomic E-state index is -1.28. The third kappa shape index (κ3) is 6.66. The normalized spacial score (nSPS) is 22.3. The number of phenols is 1. The maximum atomic E-state index is 13.2. The molecule has 2 aliphatic heterocycles. The summed E-state index contributed by atoms with van der Waals surface area (Å²) in [6.07, 6.45) is -0.299. The SMILES string of the molecule is CNC(=O)C[C@H](N)C(=O)N[C@H](C(=O)N[C@@H]1C(=O)N2[C@@H]1SC(C)(C)[C@@H]2C(=O)O)c1ccc(O)cc1.O.O.O. The zero-order valence-electron chi connectivity index (χ0n) is 20.3. The van der Waals surface area contributed by atoms with Crippen LogP contribution in [0.2, 0.25) is 0 Å². The van der Waals surface area contributed by atoms with E-state index in [0.717, 1.165) is 0 Å². The molecule has 0 saturated carbocycles. The number of carboxylic acid groups (broad SMARTS) is 1. The van der Waals surface area contributed by atoms with Crippen molar-refractivity contribution in [3.63, 3.8) is 0 Å². The minimum absolute atomic E-state index is 0. The van der Waals surface area contributed by atoms with Crippen molar-refractivity contribution >= 4 is 41.4 Å². The molecule has 2 saturated heterocycles. The Morgan fingerprint density at radius 2 is 1.68 bits per heavy atom. The number of carbonyl (C=O) groups is 5. The molecule has 3 rings (SSSR count). The molecule has 4 amide bonds. The van der Waals surface area contributed by atoms with Gasteiger partial charge in [-0.25, -0.2) is 4.79 Å². The van der Waals surface area contributed by atoms with Crippen LogP contribution in [0.15, 0.2) is 24.3 Å². The van der Waals surface area contributed by atoms with Crippen molar-refractivity contribution in [1.29, 1.82) is 0 Å². The van der Waals surface area contributed by atoms with Gasteiger partial charge in [-0.2, -0.15) is 0 Å². The molecule has 2 aliphatic rings. The van der Waals surface area contributed by atoms with Crippen LogP contribution in [-0.4, -0.2) is 96.4 Å². The van der Waals surface area contributed by atoms with Crippen LogP contribution in [0, 0.1) is 0 Å². The lowest BCUT2D eigenvalue weighted by molar-refractivity contribution is -0.161. The molecule has 15 nitrogen and oxygen atoms in total. The number of nitrogens with two attached hydrogens (primary N) is 1. The summed E-state index contributed by atoms with van der Waals surface area (Å²) >= 11 is 1.27. The number of hydrogen-bond donors (Lipinski definition) is 6. The van der Waals surface area contributed by atoms with Crippen LogP contribution in [0.5, 0.6) is 5.75 Å². The van der Waals surface area contributed by atoms with Crippen molar-refractivity contribution in [3.8, 4) is 5.75 Å². The molecular weight excluding hydrogens is 514 g/mol. The molecular formula is C21H33N5O10S. The molecule has 0 aliphatic carbocycles. The Kier molecular flexibility index (Phi) is 11.5. The standard InChI is InChI=1S/C21H27N5O7S.3H2O/c1-21(2)15(20(32)33)26-18(31)14(19(26)34-21)25-17(30)13(9-4-6-10(27)7-5-9)24-16(29)11(22)8-12(28)23-3;;;/h4-7,11,13-15,19,27H,8,22H2,1-3H3,(H,23,28)(H,24,29)(H,25,30)(H,32,33);3*1H2/t11-,13-,14+,15-,19+;;;/m0.../s1. The summed E-state index contributed by atoms with van der Waals surface area (Å²) in [6.45, 7) is 3.43. The number of carbonyl (C=O) groups excluding carboxylic acids is 4. The van der Waals surface area contributed by atoms with Gasteiger partial charge < -0.3 is 53.2 Å². The second kappa shape index (κ2) is 12.7. The third-order valence-electron chi connectivity index (χ3n) is 5.77. The minimum Gasteiger partial charge on any atom is -0.508 e. The first-order chi connectivity index (χ1) is 15.9. The average Bonchev–Trinajstić information content (AvgIpc) is 3.03. The Balaban J connectivity index is 0.00000432.